The van der Waals surface area contributed by atoms with Crippen molar-refractivity contribution in [1.82, 2.24) is 15.1 Å². The summed E-state index contributed by atoms with van der Waals surface area (Å²) in [5.74, 6) is -0.768. The molecule has 0 spiro atoms. The number of nitro groups is 1. The van der Waals surface area contributed by atoms with Crippen molar-refractivity contribution in [3.63, 3.8) is 0 Å². The van der Waals surface area contributed by atoms with Crippen LogP contribution in [0.1, 0.15) is 34.0 Å². The molecule has 0 aliphatic carbocycles. The largest absolute Gasteiger partial charge is 0.351 e. The third-order valence-electron chi connectivity index (χ3n) is 6.52. The van der Waals surface area contributed by atoms with Crippen LogP contribution in [0.25, 0.3) is 16.9 Å². The van der Waals surface area contributed by atoms with Gasteiger partial charge in [0.15, 0.2) is 0 Å². The van der Waals surface area contributed by atoms with Crippen LogP contribution < -0.4 is 5.32 Å². The smallest absolute Gasteiger partial charge is 0.270 e. The summed E-state index contributed by atoms with van der Waals surface area (Å²) in [6, 6.07) is 33.6. The second kappa shape index (κ2) is 11.5. The van der Waals surface area contributed by atoms with Crippen LogP contribution >= 0.6 is 0 Å². The number of rotatable bonds is 9. The highest BCUT2D eigenvalue weighted by atomic mass is 19.1. The monoisotopic (exact) mass is 520 g/mol. The fraction of sp³-hybridized carbons (Fsp3) is 0.0968. The first-order valence-corrected chi connectivity index (χ1v) is 12.5. The van der Waals surface area contributed by atoms with Gasteiger partial charge in [-0.1, -0.05) is 72.8 Å². The second-order valence-corrected chi connectivity index (χ2v) is 9.00. The molecule has 7 nitrogen and oxygen atoms in total. The Morgan fingerprint density at radius 1 is 0.872 bits per heavy atom. The lowest BCUT2D eigenvalue weighted by Crippen LogP contribution is -2.28. The zero-order valence-electron chi connectivity index (χ0n) is 20.9. The highest BCUT2D eigenvalue weighted by molar-refractivity contribution is 5.94. The average Bonchev–Trinajstić information content (AvgIpc) is 3.42. The van der Waals surface area contributed by atoms with Gasteiger partial charge in [-0.15, -0.1) is 0 Å². The van der Waals surface area contributed by atoms with Crippen molar-refractivity contribution in [1.29, 1.82) is 0 Å². The minimum atomic E-state index is -0.499. The van der Waals surface area contributed by atoms with Crippen molar-refractivity contribution in [2.24, 2.45) is 0 Å². The van der Waals surface area contributed by atoms with Gasteiger partial charge < -0.3 is 5.32 Å². The standard InChI is InChI=1S/C31H25FN4O3/c32-28-14-8-7-13-27(28)29-21-30(35(34-29)24-15-17-25(18-16-24)36(38)39)31(37)33-20-19-26(22-9-3-1-4-10-22)23-11-5-2-6-12-23/h1-18,21,26H,19-20H2,(H,33,37). The van der Waals surface area contributed by atoms with Crippen LogP contribution in [0.4, 0.5) is 10.1 Å². The number of hydrogen-bond donors (Lipinski definition) is 1. The van der Waals surface area contributed by atoms with E-state index < -0.39 is 10.7 Å². The van der Waals surface area contributed by atoms with Crippen molar-refractivity contribution < 1.29 is 14.1 Å². The highest BCUT2D eigenvalue weighted by Crippen LogP contribution is 2.28. The maximum absolute atomic E-state index is 14.6. The lowest BCUT2D eigenvalue weighted by molar-refractivity contribution is -0.384. The van der Waals surface area contributed by atoms with Crippen LogP contribution in [-0.4, -0.2) is 27.2 Å². The molecule has 5 aromatic rings. The number of aromatic nitrogens is 2. The quantitative estimate of drug-likeness (QED) is 0.177. The molecule has 0 saturated carbocycles. The van der Waals surface area contributed by atoms with E-state index in [2.05, 4.69) is 34.7 Å². The normalized spacial score (nSPS) is 10.9. The van der Waals surface area contributed by atoms with Crippen LogP contribution in [0.5, 0.6) is 0 Å². The summed E-state index contributed by atoms with van der Waals surface area (Å²) in [7, 11) is 0. The van der Waals surface area contributed by atoms with Crippen molar-refractivity contribution in [2.45, 2.75) is 12.3 Å². The molecule has 1 amide bonds. The Kier molecular flexibility index (Phi) is 7.54. The number of hydrogen-bond acceptors (Lipinski definition) is 4. The zero-order chi connectivity index (χ0) is 27.2. The molecule has 8 heteroatoms. The number of benzene rings is 4. The van der Waals surface area contributed by atoms with E-state index in [9.17, 15) is 19.3 Å². The van der Waals surface area contributed by atoms with Gasteiger partial charge in [-0.3, -0.25) is 14.9 Å². The van der Waals surface area contributed by atoms with Gasteiger partial charge in [-0.2, -0.15) is 5.10 Å². The van der Waals surface area contributed by atoms with Crippen molar-refractivity contribution in [3.8, 4) is 16.9 Å². The molecule has 0 saturated heterocycles. The van der Waals surface area contributed by atoms with E-state index in [1.807, 2.05) is 36.4 Å². The summed E-state index contributed by atoms with van der Waals surface area (Å²) in [4.78, 5) is 24.0. The van der Waals surface area contributed by atoms with Gasteiger partial charge in [0.05, 0.1) is 16.3 Å². The van der Waals surface area contributed by atoms with E-state index in [-0.39, 0.29) is 34.5 Å². The third kappa shape index (κ3) is 5.75. The number of halogens is 1. The molecule has 0 bridgehead atoms. The molecule has 39 heavy (non-hydrogen) atoms. The molecule has 0 unspecified atom stereocenters. The fourth-order valence-electron chi connectivity index (χ4n) is 4.57. The lowest BCUT2D eigenvalue weighted by Gasteiger charge is -2.18. The molecule has 1 aromatic heterocycles. The summed E-state index contributed by atoms with van der Waals surface area (Å²) in [6.45, 7) is 0.383. The van der Waals surface area contributed by atoms with Gasteiger partial charge in [0, 0.05) is 30.2 Å². The molecule has 1 heterocycles. The Balaban J connectivity index is 1.42. The molecule has 0 fully saturated rings. The minimum absolute atomic E-state index is 0.0842. The Labute approximate surface area is 224 Å². The molecule has 1 N–H and O–H groups in total. The van der Waals surface area contributed by atoms with E-state index in [4.69, 9.17) is 0 Å². The van der Waals surface area contributed by atoms with Crippen molar-refractivity contribution in [2.75, 3.05) is 6.54 Å². The van der Waals surface area contributed by atoms with Gasteiger partial charge in [0.1, 0.15) is 11.5 Å². The Morgan fingerprint density at radius 3 is 2.05 bits per heavy atom. The lowest BCUT2D eigenvalue weighted by atomic mass is 9.88. The van der Waals surface area contributed by atoms with E-state index in [0.29, 0.717) is 18.7 Å². The summed E-state index contributed by atoms with van der Waals surface area (Å²) in [5, 5.41) is 18.6. The maximum Gasteiger partial charge on any atom is 0.270 e. The summed E-state index contributed by atoms with van der Waals surface area (Å²) in [5.41, 5.74) is 3.38. The van der Waals surface area contributed by atoms with Gasteiger partial charge in [0.2, 0.25) is 0 Å². The molecule has 0 aliphatic rings. The number of amides is 1. The molecule has 4 aromatic carbocycles. The number of carbonyl (C=O) groups excluding carboxylic acids is 1. The van der Waals surface area contributed by atoms with E-state index >= 15 is 0 Å². The molecule has 194 valence electrons. The number of nitro benzene ring substituents is 1. The predicted octanol–water partition coefficient (Wildman–Crippen LogP) is 6.54. The van der Waals surface area contributed by atoms with Crippen LogP contribution in [0.3, 0.4) is 0 Å². The Morgan fingerprint density at radius 2 is 1.46 bits per heavy atom. The first-order chi connectivity index (χ1) is 19.0. The molecule has 0 radical (unpaired) electrons. The number of nitrogens with zero attached hydrogens (tertiary/aromatic N) is 3. The van der Waals surface area contributed by atoms with E-state index in [0.717, 1.165) is 11.1 Å². The molecular formula is C31H25FN4O3. The van der Waals surface area contributed by atoms with Crippen molar-refractivity contribution >= 4 is 11.6 Å². The summed E-state index contributed by atoms with van der Waals surface area (Å²) >= 11 is 0. The zero-order valence-corrected chi connectivity index (χ0v) is 20.9. The molecule has 0 aliphatic heterocycles. The van der Waals surface area contributed by atoms with Crippen LogP contribution in [0, 0.1) is 15.9 Å². The molecule has 5 rings (SSSR count). The first-order valence-electron chi connectivity index (χ1n) is 12.5. The predicted molar refractivity (Wildman–Crippen MR) is 147 cm³/mol. The van der Waals surface area contributed by atoms with Gasteiger partial charge in [-0.05, 0) is 47.9 Å². The molecule has 0 atom stereocenters. The van der Waals surface area contributed by atoms with Gasteiger partial charge in [-0.25, -0.2) is 9.07 Å². The summed E-state index contributed by atoms with van der Waals surface area (Å²) in [6.07, 6.45) is 0.658. The Bertz CT molecular complexity index is 1550. The molecular weight excluding hydrogens is 495 g/mol. The number of nitrogens with one attached hydrogen (secondary N) is 1. The third-order valence-corrected chi connectivity index (χ3v) is 6.52. The summed E-state index contributed by atoms with van der Waals surface area (Å²) < 4.78 is 15.9. The number of carbonyl (C=O) groups is 1. The number of non-ortho nitro benzene ring substituents is 1. The van der Waals surface area contributed by atoms with Crippen molar-refractivity contribution in [3.05, 3.63) is 148 Å². The Hall–Kier alpha value is -5.11. The van der Waals surface area contributed by atoms with Gasteiger partial charge in [0.25, 0.3) is 11.6 Å². The van der Waals surface area contributed by atoms with Crippen LogP contribution in [0.15, 0.2) is 115 Å². The average molecular weight is 521 g/mol. The van der Waals surface area contributed by atoms with E-state index in [1.54, 1.807) is 18.2 Å². The fourth-order valence-corrected chi connectivity index (χ4v) is 4.57. The maximum atomic E-state index is 14.6. The second-order valence-electron chi connectivity index (χ2n) is 9.00. The topological polar surface area (TPSA) is 90.1 Å². The van der Waals surface area contributed by atoms with Crippen LogP contribution in [0.2, 0.25) is 0 Å². The first kappa shape index (κ1) is 25.5. The van der Waals surface area contributed by atoms with E-state index in [1.165, 1.54) is 41.1 Å². The SMILES string of the molecule is O=C(NCCC(c1ccccc1)c1ccccc1)c1cc(-c2ccccc2F)nn1-c1ccc([N+](=O)[O-])cc1. The van der Waals surface area contributed by atoms with Crippen LogP contribution in [-0.2, 0) is 0 Å². The minimum Gasteiger partial charge on any atom is -0.351 e. The highest BCUT2D eigenvalue weighted by Gasteiger charge is 2.21. The van der Waals surface area contributed by atoms with Gasteiger partial charge >= 0.3 is 0 Å².